The van der Waals surface area contributed by atoms with E-state index in [2.05, 4.69) is 0 Å². The summed E-state index contributed by atoms with van der Waals surface area (Å²) in [6, 6.07) is 14.2. The number of ether oxygens (including phenoxy) is 1. The first kappa shape index (κ1) is 15.3. The van der Waals surface area contributed by atoms with E-state index in [0.717, 1.165) is 10.5 Å². The first-order valence-electron chi connectivity index (χ1n) is 7.03. The molecule has 0 aliphatic carbocycles. The smallest absolute Gasteiger partial charge is 0.277 e. The van der Waals surface area contributed by atoms with Crippen molar-refractivity contribution in [1.82, 2.24) is 0 Å². The Kier molecular flexibility index (Phi) is 3.92. The molecular weight excluding hydrogens is 314 g/mol. The van der Waals surface area contributed by atoms with Gasteiger partial charge in [0.15, 0.2) is 0 Å². The summed E-state index contributed by atoms with van der Waals surface area (Å²) in [5.41, 5.74) is 2.13. The van der Waals surface area contributed by atoms with Gasteiger partial charge in [0.05, 0.1) is 18.4 Å². The van der Waals surface area contributed by atoms with Gasteiger partial charge in [0.2, 0.25) is 0 Å². The lowest BCUT2D eigenvalue weighted by molar-refractivity contribution is -0.119. The molecule has 1 aliphatic heterocycles. The third-order valence-electron chi connectivity index (χ3n) is 3.67. The van der Waals surface area contributed by atoms with Crippen LogP contribution in [0.25, 0.3) is 5.57 Å². The van der Waals surface area contributed by atoms with Crippen molar-refractivity contribution in [3.8, 4) is 5.75 Å². The zero-order valence-corrected chi connectivity index (χ0v) is 13.4. The molecule has 3 rings (SSSR count). The van der Waals surface area contributed by atoms with E-state index in [4.69, 9.17) is 16.3 Å². The summed E-state index contributed by atoms with van der Waals surface area (Å²) in [5.74, 6) is -0.550. The summed E-state index contributed by atoms with van der Waals surface area (Å²) in [6.07, 6.45) is 0. The number of carbonyl (C=O) groups is 2. The summed E-state index contributed by atoms with van der Waals surface area (Å²) >= 11 is 6.16. The lowest BCUT2D eigenvalue weighted by Crippen LogP contribution is -2.31. The van der Waals surface area contributed by atoms with Gasteiger partial charge >= 0.3 is 0 Å². The number of imide groups is 1. The third kappa shape index (κ3) is 2.51. The molecule has 0 atom stereocenters. The Morgan fingerprint density at radius 1 is 1.00 bits per heavy atom. The predicted molar refractivity (Wildman–Crippen MR) is 89.4 cm³/mol. The summed E-state index contributed by atoms with van der Waals surface area (Å²) in [4.78, 5) is 26.4. The molecule has 23 heavy (non-hydrogen) atoms. The van der Waals surface area contributed by atoms with Crippen LogP contribution >= 0.6 is 11.6 Å². The molecule has 1 heterocycles. The maximum absolute atomic E-state index is 12.8. The Hall–Kier alpha value is -2.59. The van der Waals surface area contributed by atoms with Gasteiger partial charge in [0, 0.05) is 0 Å². The van der Waals surface area contributed by atoms with Crippen LogP contribution in [-0.2, 0) is 9.59 Å². The highest BCUT2D eigenvalue weighted by Gasteiger charge is 2.40. The number of halogens is 1. The molecule has 1 aliphatic rings. The Morgan fingerprint density at radius 2 is 1.70 bits per heavy atom. The number of hydrogen-bond acceptors (Lipinski definition) is 3. The molecule has 0 N–H and O–H groups in total. The van der Waals surface area contributed by atoms with Crippen molar-refractivity contribution in [2.75, 3.05) is 12.0 Å². The largest absolute Gasteiger partial charge is 0.495 e. The van der Waals surface area contributed by atoms with Crippen LogP contribution in [-0.4, -0.2) is 18.9 Å². The van der Waals surface area contributed by atoms with Crippen molar-refractivity contribution in [2.45, 2.75) is 6.92 Å². The summed E-state index contributed by atoms with van der Waals surface area (Å²) in [5, 5.41) is -0.0789. The van der Waals surface area contributed by atoms with Crippen LogP contribution in [0.5, 0.6) is 5.75 Å². The van der Waals surface area contributed by atoms with Crippen LogP contribution < -0.4 is 9.64 Å². The molecule has 4 nitrogen and oxygen atoms in total. The molecule has 0 radical (unpaired) electrons. The number of amides is 2. The molecule has 0 saturated heterocycles. The van der Waals surface area contributed by atoms with Gasteiger partial charge in [-0.05, 0) is 30.2 Å². The van der Waals surface area contributed by atoms with Gasteiger partial charge in [-0.25, -0.2) is 4.90 Å². The molecule has 0 unspecified atom stereocenters. The van der Waals surface area contributed by atoms with E-state index < -0.39 is 11.8 Å². The zero-order valence-electron chi connectivity index (χ0n) is 12.7. The molecule has 5 heteroatoms. The SMILES string of the molecule is COc1ccc(C)cc1N1C(=O)C(Cl)=C(c2ccccc2)C1=O. The fourth-order valence-electron chi connectivity index (χ4n) is 2.55. The molecular formula is C18H14ClNO3. The molecule has 0 spiro atoms. The zero-order chi connectivity index (χ0) is 16.6. The lowest BCUT2D eigenvalue weighted by atomic mass is 10.1. The minimum atomic E-state index is -0.542. The van der Waals surface area contributed by atoms with E-state index in [-0.39, 0.29) is 10.6 Å². The molecule has 0 fully saturated rings. The van der Waals surface area contributed by atoms with Crippen LogP contribution in [0.4, 0.5) is 5.69 Å². The van der Waals surface area contributed by atoms with Crippen molar-refractivity contribution in [1.29, 1.82) is 0 Å². The van der Waals surface area contributed by atoms with Gasteiger partial charge in [-0.2, -0.15) is 0 Å². The molecule has 2 aromatic carbocycles. The molecule has 2 aromatic rings. The van der Waals surface area contributed by atoms with Crippen molar-refractivity contribution in [3.05, 3.63) is 64.7 Å². The minimum absolute atomic E-state index is 0.0789. The van der Waals surface area contributed by atoms with Crippen LogP contribution in [0.1, 0.15) is 11.1 Å². The summed E-state index contributed by atoms with van der Waals surface area (Å²) in [6.45, 7) is 1.88. The maximum atomic E-state index is 12.8. The van der Waals surface area contributed by atoms with E-state index in [9.17, 15) is 9.59 Å². The summed E-state index contributed by atoms with van der Waals surface area (Å²) in [7, 11) is 1.49. The van der Waals surface area contributed by atoms with Crippen molar-refractivity contribution in [3.63, 3.8) is 0 Å². The molecule has 0 bridgehead atoms. The van der Waals surface area contributed by atoms with Gasteiger partial charge in [-0.3, -0.25) is 9.59 Å². The first-order valence-corrected chi connectivity index (χ1v) is 7.41. The average Bonchev–Trinajstić information content (AvgIpc) is 2.78. The molecule has 0 saturated carbocycles. The van der Waals surface area contributed by atoms with Crippen LogP contribution in [0.2, 0.25) is 0 Å². The lowest BCUT2D eigenvalue weighted by Gasteiger charge is -2.18. The number of anilines is 1. The Balaban J connectivity index is 2.11. The van der Waals surface area contributed by atoms with Gasteiger partial charge in [0.1, 0.15) is 10.8 Å². The second kappa shape index (κ2) is 5.89. The topological polar surface area (TPSA) is 46.6 Å². The minimum Gasteiger partial charge on any atom is -0.495 e. The van der Waals surface area contributed by atoms with E-state index >= 15 is 0 Å². The Bertz CT molecular complexity index is 827. The number of nitrogens with zero attached hydrogens (tertiary/aromatic N) is 1. The van der Waals surface area contributed by atoms with Gasteiger partial charge in [0.25, 0.3) is 11.8 Å². The summed E-state index contributed by atoms with van der Waals surface area (Å²) < 4.78 is 5.28. The maximum Gasteiger partial charge on any atom is 0.277 e. The van der Waals surface area contributed by atoms with Crippen molar-refractivity contribution < 1.29 is 14.3 Å². The van der Waals surface area contributed by atoms with Gasteiger partial charge in [-0.15, -0.1) is 0 Å². The molecule has 0 aromatic heterocycles. The second-order valence-corrected chi connectivity index (χ2v) is 5.55. The normalized spacial score (nSPS) is 14.7. The predicted octanol–water partition coefficient (Wildman–Crippen LogP) is 3.53. The van der Waals surface area contributed by atoms with E-state index in [1.54, 1.807) is 36.4 Å². The number of hydrogen-bond donors (Lipinski definition) is 0. The number of rotatable bonds is 3. The Morgan fingerprint density at radius 3 is 2.35 bits per heavy atom. The van der Waals surface area contributed by atoms with Crippen molar-refractivity contribution >= 4 is 34.7 Å². The van der Waals surface area contributed by atoms with Crippen LogP contribution in [0.15, 0.2) is 53.6 Å². The highest BCUT2D eigenvalue weighted by molar-refractivity contribution is 6.60. The number of benzene rings is 2. The van der Waals surface area contributed by atoms with E-state index in [1.165, 1.54) is 7.11 Å². The standard InChI is InChI=1S/C18H14ClNO3/c1-11-8-9-14(23-2)13(10-11)20-17(21)15(16(19)18(20)22)12-6-4-3-5-7-12/h3-10H,1-2H3. The van der Waals surface area contributed by atoms with Crippen LogP contribution in [0.3, 0.4) is 0 Å². The fraction of sp³-hybridized carbons (Fsp3) is 0.111. The first-order chi connectivity index (χ1) is 11.0. The van der Waals surface area contributed by atoms with Gasteiger partial charge < -0.3 is 4.74 Å². The van der Waals surface area contributed by atoms with Gasteiger partial charge in [-0.1, -0.05) is 48.0 Å². The fourth-order valence-corrected chi connectivity index (χ4v) is 2.83. The number of aryl methyl sites for hydroxylation is 1. The molecule has 116 valence electrons. The highest BCUT2D eigenvalue weighted by atomic mass is 35.5. The third-order valence-corrected chi connectivity index (χ3v) is 4.02. The van der Waals surface area contributed by atoms with Crippen molar-refractivity contribution in [2.24, 2.45) is 0 Å². The number of carbonyl (C=O) groups excluding carboxylic acids is 2. The number of methoxy groups -OCH3 is 1. The Labute approximate surface area is 138 Å². The average molecular weight is 328 g/mol. The second-order valence-electron chi connectivity index (χ2n) is 5.18. The quantitative estimate of drug-likeness (QED) is 0.810. The van der Waals surface area contributed by atoms with E-state index in [1.807, 2.05) is 19.1 Å². The molecule has 2 amide bonds. The van der Waals surface area contributed by atoms with E-state index in [0.29, 0.717) is 17.0 Å². The monoisotopic (exact) mass is 327 g/mol. The highest BCUT2D eigenvalue weighted by Crippen LogP contribution is 2.38. The van der Waals surface area contributed by atoms with Crippen LogP contribution in [0, 0.1) is 6.92 Å².